The Balaban J connectivity index is 0.000000241. The van der Waals surface area contributed by atoms with Gasteiger partial charge in [0.05, 0.1) is 25.0 Å². The van der Waals surface area contributed by atoms with Gasteiger partial charge in [-0.05, 0) is 48.5 Å². The molecule has 0 N–H and O–H groups in total. The van der Waals surface area contributed by atoms with Crippen LogP contribution in [0.1, 0.15) is 5.56 Å². The normalized spacial score (nSPS) is 11.3. The van der Waals surface area contributed by atoms with Gasteiger partial charge in [0.2, 0.25) is 0 Å². The number of hydrogen-bond donors (Lipinski definition) is 0. The molecule has 7 heteroatoms. The van der Waals surface area contributed by atoms with Gasteiger partial charge in [-0.3, -0.25) is 4.98 Å². The van der Waals surface area contributed by atoms with E-state index in [0.29, 0.717) is 0 Å². The van der Waals surface area contributed by atoms with E-state index in [1.54, 1.807) is 6.20 Å². The van der Waals surface area contributed by atoms with Crippen LogP contribution in [0.15, 0.2) is 126 Å². The standard InChI is InChI=1S/C28H24N3OSi.C11H8N.Ir/c1-18-15-16-29-27-25(18)31(19-9-6-5-7-10-19)28(30-27)23-12-8-11-22-21-14-13-20(33(2,3)4)17-24(21)32-26(22)23;1-2-6-10(7-3-1)11-8-4-5-9-12-11;/h5-11,13-17H,1-4H3;1-6,8-9H;/q2*-1;. The Kier molecular flexibility index (Phi) is 8.83. The van der Waals surface area contributed by atoms with Crippen LogP contribution < -0.4 is 5.19 Å². The van der Waals surface area contributed by atoms with Crippen molar-refractivity contribution in [1.29, 1.82) is 0 Å². The number of para-hydroxylation sites is 1. The van der Waals surface area contributed by atoms with E-state index in [1.165, 1.54) is 5.19 Å². The number of pyridine rings is 2. The van der Waals surface area contributed by atoms with Crippen LogP contribution in [-0.4, -0.2) is 27.6 Å². The van der Waals surface area contributed by atoms with Gasteiger partial charge in [0, 0.05) is 43.6 Å². The van der Waals surface area contributed by atoms with Crippen LogP contribution in [0, 0.1) is 19.1 Å². The summed E-state index contributed by atoms with van der Waals surface area (Å²) in [6, 6.07) is 43.3. The van der Waals surface area contributed by atoms with Gasteiger partial charge in [-0.1, -0.05) is 78.2 Å². The summed E-state index contributed by atoms with van der Waals surface area (Å²) < 4.78 is 8.68. The fourth-order valence-corrected chi connectivity index (χ4v) is 6.74. The number of aryl methyl sites for hydroxylation is 1. The number of hydrogen-bond acceptors (Lipinski definition) is 4. The number of fused-ring (bicyclic) bond motifs is 4. The molecule has 4 heterocycles. The quantitative estimate of drug-likeness (QED) is 0.132. The third-order valence-electron chi connectivity index (χ3n) is 7.94. The number of aromatic nitrogens is 4. The molecule has 0 aliphatic rings. The summed E-state index contributed by atoms with van der Waals surface area (Å²) in [6.45, 7) is 9.16. The van der Waals surface area contributed by atoms with Gasteiger partial charge in [0.25, 0.3) is 0 Å². The van der Waals surface area contributed by atoms with Crippen LogP contribution in [0.25, 0.3) is 61.4 Å². The molecule has 0 amide bonds. The molecule has 0 unspecified atom stereocenters. The van der Waals surface area contributed by atoms with Crippen LogP contribution in [-0.2, 0) is 20.1 Å². The molecule has 1 radical (unpaired) electrons. The SMILES string of the molecule is Cc1ccnc2nc(-c3[c-]ccc4c3oc3cc([Si](C)(C)C)ccc34)n(-c3ccccc3)c12.[Ir].[c-]1ccccc1-c1ccccn1. The van der Waals surface area contributed by atoms with E-state index in [2.05, 4.69) is 89.6 Å². The van der Waals surface area contributed by atoms with Gasteiger partial charge in [-0.15, -0.1) is 54.1 Å². The number of furan rings is 1. The van der Waals surface area contributed by atoms with E-state index < -0.39 is 8.07 Å². The molecule has 0 aliphatic heterocycles. The number of imidazole rings is 1. The minimum absolute atomic E-state index is 0. The molecule has 0 saturated heterocycles. The van der Waals surface area contributed by atoms with Crippen LogP contribution in [0.2, 0.25) is 19.6 Å². The second-order valence-corrected chi connectivity index (χ2v) is 17.1. The van der Waals surface area contributed by atoms with Crippen molar-refractivity contribution in [2.75, 3.05) is 0 Å². The van der Waals surface area contributed by atoms with Crippen molar-refractivity contribution in [3.63, 3.8) is 0 Å². The maximum atomic E-state index is 6.51. The predicted molar refractivity (Wildman–Crippen MR) is 187 cm³/mol. The molecule has 0 aliphatic carbocycles. The molecule has 46 heavy (non-hydrogen) atoms. The number of rotatable bonds is 4. The summed E-state index contributed by atoms with van der Waals surface area (Å²) in [5.74, 6) is 0.785. The molecule has 229 valence electrons. The molecular weight excluding hydrogens is 761 g/mol. The molecule has 0 fully saturated rings. The van der Waals surface area contributed by atoms with E-state index in [1.807, 2.05) is 79.0 Å². The monoisotopic (exact) mass is 793 g/mol. The molecule has 0 bridgehead atoms. The van der Waals surface area contributed by atoms with Gasteiger partial charge in [0.15, 0.2) is 5.65 Å². The zero-order valence-electron chi connectivity index (χ0n) is 26.1. The first-order valence-electron chi connectivity index (χ1n) is 15.0. The Morgan fingerprint density at radius 3 is 2.28 bits per heavy atom. The van der Waals surface area contributed by atoms with Crippen molar-refractivity contribution in [1.82, 2.24) is 19.5 Å². The molecule has 4 aromatic carbocycles. The smallest absolute Gasteiger partial charge is 0.168 e. The Morgan fingerprint density at radius 1 is 0.739 bits per heavy atom. The fourth-order valence-electron chi connectivity index (χ4n) is 5.60. The van der Waals surface area contributed by atoms with Gasteiger partial charge >= 0.3 is 0 Å². The summed E-state index contributed by atoms with van der Waals surface area (Å²) in [7, 11) is -1.45. The third kappa shape index (κ3) is 5.97. The maximum absolute atomic E-state index is 6.51. The minimum Gasteiger partial charge on any atom is -0.501 e. The fraction of sp³-hybridized carbons (Fsp3) is 0.103. The van der Waals surface area contributed by atoms with Crippen molar-refractivity contribution in [3.05, 3.63) is 139 Å². The maximum Gasteiger partial charge on any atom is 0.168 e. The summed E-state index contributed by atoms with van der Waals surface area (Å²) in [5.41, 5.74) is 8.47. The number of benzene rings is 4. The van der Waals surface area contributed by atoms with E-state index >= 15 is 0 Å². The van der Waals surface area contributed by atoms with Crippen molar-refractivity contribution < 1.29 is 24.5 Å². The topological polar surface area (TPSA) is 56.7 Å². The first-order valence-corrected chi connectivity index (χ1v) is 18.5. The third-order valence-corrected chi connectivity index (χ3v) is 9.98. The van der Waals surface area contributed by atoms with E-state index in [0.717, 1.165) is 67.0 Å². The number of nitrogens with zero attached hydrogens (tertiary/aromatic N) is 4. The van der Waals surface area contributed by atoms with E-state index in [-0.39, 0.29) is 20.1 Å². The first-order chi connectivity index (χ1) is 21.9. The van der Waals surface area contributed by atoms with Gasteiger partial charge < -0.3 is 14.0 Å². The molecule has 8 aromatic rings. The average Bonchev–Trinajstić information content (AvgIpc) is 3.65. The van der Waals surface area contributed by atoms with Gasteiger partial charge in [0.1, 0.15) is 5.58 Å². The summed E-state index contributed by atoms with van der Waals surface area (Å²) in [4.78, 5) is 13.7. The Bertz CT molecular complexity index is 2220. The van der Waals surface area contributed by atoms with E-state index in [4.69, 9.17) is 9.40 Å². The minimum atomic E-state index is -1.45. The van der Waals surface area contributed by atoms with Crippen molar-refractivity contribution in [3.8, 4) is 28.3 Å². The molecule has 4 aromatic heterocycles. The molecule has 0 saturated carbocycles. The van der Waals surface area contributed by atoms with Gasteiger partial charge in [-0.2, -0.15) is 0 Å². The second-order valence-electron chi connectivity index (χ2n) is 12.1. The van der Waals surface area contributed by atoms with Gasteiger partial charge in [-0.25, -0.2) is 4.98 Å². The largest absolute Gasteiger partial charge is 0.501 e. The first kappa shape index (κ1) is 31.3. The van der Waals surface area contributed by atoms with Crippen molar-refractivity contribution in [2.24, 2.45) is 0 Å². The average molecular weight is 793 g/mol. The Hall–Kier alpha value is -4.68. The summed E-state index contributed by atoms with van der Waals surface area (Å²) >= 11 is 0. The van der Waals surface area contributed by atoms with Crippen LogP contribution in [0.5, 0.6) is 0 Å². The molecule has 5 nitrogen and oxygen atoms in total. The molecule has 8 rings (SSSR count). The van der Waals surface area contributed by atoms with Crippen molar-refractivity contribution in [2.45, 2.75) is 26.6 Å². The zero-order chi connectivity index (χ0) is 31.0. The zero-order valence-corrected chi connectivity index (χ0v) is 29.5. The predicted octanol–water partition coefficient (Wildman–Crippen LogP) is 9.19. The molecule has 0 atom stereocenters. The molecule has 0 spiro atoms. The van der Waals surface area contributed by atoms with Crippen LogP contribution in [0.3, 0.4) is 0 Å². The summed E-state index contributed by atoms with van der Waals surface area (Å²) in [6.07, 6.45) is 3.60. The Labute approximate surface area is 283 Å². The van der Waals surface area contributed by atoms with Crippen LogP contribution >= 0.6 is 0 Å². The molecular formula is C39H32IrN4OSi-2. The van der Waals surface area contributed by atoms with Crippen molar-refractivity contribution >= 4 is 46.4 Å². The van der Waals surface area contributed by atoms with E-state index in [9.17, 15) is 0 Å². The van der Waals surface area contributed by atoms with Crippen LogP contribution in [0.4, 0.5) is 0 Å². The second kappa shape index (κ2) is 13.0. The summed E-state index contributed by atoms with van der Waals surface area (Å²) in [5, 5.41) is 3.59. The Morgan fingerprint density at radius 2 is 1.54 bits per heavy atom.